The molecule has 2 heterocycles. The molecular formula is C26H27N3+2. The van der Waals surface area contributed by atoms with Gasteiger partial charge in [-0.15, -0.1) is 0 Å². The van der Waals surface area contributed by atoms with Crippen molar-refractivity contribution in [2.75, 3.05) is 26.2 Å². The van der Waals surface area contributed by atoms with Gasteiger partial charge < -0.3 is 14.8 Å². The van der Waals surface area contributed by atoms with Crippen LogP contribution in [-0.2, 0) is 6.54 Å². The van der Waals surface area contributed by atoms with Crippen LogP contribution in [0.4, 0.5) is 0 Å². The zero-order valence-corrected chi connectivity index (χ0v) is 16.6. The van der Waals surface area contributed by atoms with Crippen molar-refractivity contribution >= 4 is 10.9 Å². The smallest absolute Gasteiger partial charge is 0.140 e. The number of fused-ring (bicyclic) bond motifs is 4. The predicted octanol–water partition coefficient (Wildman–Crippen LogP) is 2.22. The molecule has 1 aliphatic heterocycles. The lowest BCUT2D eigenvalue weighted by Gasteiger charge is -2.34. The van der Waals surface area contributed by atoms with Gasteiger partial charge in [-0.1, -0.05) is 66.7 Å². The monoisotopic (exact) mass is 381 g/mol. The molecule has 4 aromatic rings. The van der Waals surface area contributed by atoms with Crippen molar-refractivity contribution in [2.45, 2.75) is 12.6 Å². The highest BCUT2D eigenvalue weighted by Crippen LogP contribution is 2.41. The molecule has 3 nitrogen and oxygen atoms in total. The van der Waals surface area contributed by atoms with Crippen molar-refractivity contribution in [3.05, 3.63) is 95.7 Å². The van der Waals surface area contributed by atoms with Gasteiger partial charge in [0.05, 0.1) is 0 Å². The summed E-state index contributed by atoms with van der Waals surface area (Å²) in [6.07, 6.45) is 2.21. The molecule has 0 saturated carbocycles. The van der Waals surface area contributed by atoms with Gasteiger partial charge in [-0.2, -0.15) is 0 Å². The van der Waals surface area contributed by atoms with Gasteiger partial charge in [0.15, 0.2) is 0 Å². The Morgan fingerprint density at radius 1 is 0.724 bits per heavy atom. The third-order valence-corrected chi connectivity index (χ3v) is 6.96. The first-order chi connectivity index (χ1) is 14.4. The number of hydrogen-bond acceptors (Lipinski definition) is 0. The van der Waals surface area contributed by atoms with Gasteiger partial charge in [-0.25, -0.2) is 0 Å². The fourth-order valence-electron chi connectivity index (χ4n) is 5.53. The van der Waals surface area contributed by atoms with Gasteiger partial charge >= 0.3 is 0 Å². The Hall–Kier alpha value is -2.88. The lowest BCUT2D eigenvalue weighted by Crippen LogP contribution is -3.27. The molecule has 2 aliphatic rings. The van der Waals surface area contributed by atoms with Crippen molar-refractivity contribution < 1.29 is 9.80 Å². The Balaban J connectivity index is 1.22. The zero-order chi connectivity index (χ0) is 19.2. The number of H-pyrrole nitrogens is 1. The van der Waals surface area contributed by atoms with Crippen LogP contribution in [0, 0.1) is 0 Å². The molecule has 1 aliphatic carbocycles. The summed E-state index contributed by atoms with van der Waals surface area (Å²) >= 11 is 0. The van der Waals surface area contributed by atoms with Crippen LogP contribution in [0.5, 0.6) is 0 Å². The second-order valence-electron chi connectivity index (χ2n) is 8.55. The first-order valence-electron chi connectivity index (χ1n) is 10.8. The van der Waals surface area contributed by atoms with Gasteiger partial charge in [0, 0.05) is 33.8 Å². The molecule has 29 heavy (non-hydrogen) atoms. The number of para-hydroxylation sites is 1. The van der Waals surface area contributed by atoms with Crippen molar-refractivity contribution in [1.29, 1.82) is 0 Å². The molecule has 3 heteroatoms. The Morgan fingerprint density at radius 2 is 1.34 bits per heavy atom. The van der Waals surface area contributed by atoms with E-state index in [2.05, 4.69) is 84.0 Å². The summed E-state index contributed by atoms with van der Waals surface area (Å²) in [5.74, 6) is 0. The minimum atomic E-state index is 0.497. The SMILES string of the molecule is c1ccc2c(c1)-c1ccccc1C2[NH+]1CC[NH+](Cc2c[nH]c3ccccc23)CC1. The van der Waals surface area contributed by atoms with Crippen molar-refractivity contribution in [2.24, 2.45) is 0 Å². The van der Waals surface area contributed by atoms with Crippen LogP contribution in [0.1, 0.15) is 22.7 Å². The molecule has 0 radical (unpaired) electrons. The lowest BCUT2D eigenvalue weighted by molar-refractivity contribution is -1.03. The fraction of sp³-hybridized carbons (Fsp3) is 0.231. The normalized spacial score (nSPS) is 21.2. The topological polar surface area (TPSA) is 24.7 Å². The molecule has 0 atom stereocenters. The van der Waals surface area contributed by atoms with Gasteiger partial charge in [0.1, 0.15) is 38.8 Å². The van der Waals surface area contributed by atoms with Crippen LogP contribution in [0.2, 0.25) is 0 Å². The van der Waals surface area contributed by atoms with Crippen LogP contribution in [-0.4, -0.2) is 31.2 Å². The molecule has 1 saturated heterocycles. The molecule has 0 spiro atoms. The van der Waals surface area contributed by atoms with E-state index < -0.39 is 0 Å². The maximum absolute atomic E-state index is 3.43. The third kappa shape index (κ3) is 2.81. The average molecular weight is 382 g/mol. The van der Waals surface area contributed by atoms with E-state index in [0.29, 0.717) is 6.04 Å². The van der Waals surface area contributed by atoms with E-state index >= 15 is 0 Å². The maximum Gasteiger partial charge on any atom is 0.140 e. The number of nitrogens with one attached hydrogen (secondary N) is 3. The van der Waals surface area contributed by atoms with Crippen LogP contribution < -0.4 is 9.80 Å². The second-order valence-corrected chi connectivity index (χ2v) is 8.55. The first-order valence-corrected chi connectivity index (χ1v) is 10.8. The van der Waals surface area contributed by atoms with E-state index in [4.69, 9.17) is 0 Å². The Labute approximate surface area is 171 Å². The quantitative estimate of drug-likeness (QED) is 0.485. The molecule has 144 valence electrons. The summed E-state index contributed by atoms with van der Waals surface area (Å²) in [5, 5.41) is 1.38. The van der Waals surface area contributed by atoms with E-state index in [1.807, 2.05) is 0 Å². The zero-order valence-electron chi connectivity index (χ0n) is 16.6. The van der Waals surface area contributed by atoms with E-state index in [0.717, 1.165) is 6.54 Å². The molecule has 6 rings (SSSR count). The van der Waals surface area contributed by atoms with Gasteiger partial charge in [0.25, 0.3) is 0 Å². The van der Waals surface area contributed by atoms with Crippen LogP contribution >= 0.6 is 0 Å². The molecule has 0 unspecified atom stereocenters. The van der Waals surface area contributed by atoms with Gasteiger partial charge in [-0.3, -0.25) is 0 Å². The number of benzene rings is 3. The number of quaternary nitrogens is 2. The van der Waals surface area contributed by atoms with Crippen molar-refractivity contribution in [1.82, 2.24) is 4.98 Å². The number of piperazine rings is 1. The first kappa shape index (κ1) is 17.0. The van der Waals surface area contributed by atoms with Crippen LogP contribution in [0.25, 0.3) is 22.0 Å². The molecule has 0 amide bonds. The number of aromatic amines is 1. The van der Waals surface area contributed by atoms with E-state index in [9.17, 15) is 0 Å². The van der Waals surface area contributed by atoms with Crippen molar-refractivity contribution in [3.8, 4) is 11.1 Å². The largest absolute Gasteiger partial charge is 0.361 e. The molecule has 1 fully saturated rings. The molecular weight excluding hydrogens is 354 g/mol. The van der Waals surface area contributed by atoms with Gasteiger partial charge in [-0.05, 0) is 17.2 Å². The highest BCUT2D eigenvalue weighted by molar-refractivity contribution is 5.82. The minimum absolute atomic E-state index is 0.497. The number of aromatic nitrogens is 1. The lowest BCUT2D eigenvalue weighted by atomic mass is 10.0. The minimum Gasteiger partial charge on any atom is -0.361 e. The van der Waals surface area contributed by atoms with Crippen LogP contribution in [0.15, 0.2) is 79.0 Å². The summed E-state index contributed by atoms with van der Waals surface area (Å²) in [7, 11) is 0. The highest BCUT2D eigenvalue weighted by Gasteiger charge is 2.38. The summed E-state index contributed by atoms with van der Waals surface area (Å²) in [6.45, 7) is 6.04. The summed E-state index contributed by atoms with van der Waals surface area (Å²) < 4.78 is 0. The summed E-state index contributed by atoms with van der Waals surface area (Å²) in [5.41, 5.74) is 8.62. The summed E-state index contributed by atoms with van der Waals surface area (Å²) in [6, 6.07) is 27.2. The highest BCUT2D eigenvalue weighted by atomic mass is 15.3. The molecule has 3 aromatic carbocycles. The number of rotatable bonds is 3. The maximum atomic E-state index is 3.43. The second kappa shape index (κ2) is 6.87. The molecule has 0 bridgehead atoms. The van der Waals surface area contributed by atoms with E-state index in [-0.39, 0.29) is 0 Å². The van der Waals surface area contributed by atoms with Crippen LogP contribution in [0.3, 0.4) is 0 Å². The van der Waals surface area contributed by atoms with Crippen molar-refractivity contribution in [3.63, 3.8) is 0 Å². The van der Waals surface area contributed by atoms with E-state index in [1.54, 1.807) is 9.80 Å². The van der Waals surface area contributed by atoms with E-state index in [1.165, 1.54) is 64.9 Å². The average Bonchev–Trinajstić information content (AvgIpc) is 3.34. The predicted molar refractivity (Wildman–Crippen MR) is 117 cm³/mol. The standard InChI is InChI=1S/C26H25N3/c1-3-10-23-21(8-1)22-9-2-4-11-24(22)26(23)29-15-13-28(14-16-29)18-19-17-27-25-12-6-5-7-20(19)25/h1-12,17,26-27H,13-16,18H2/p+2. The van der Waals surface area contributed by atoms with Gasteiger partial charge in [0.2, 0.25) is 0 Å². The fourth-order valence-corrected chi connectivity index (χ4v) is 5.53. The third-order valence-electron chi connectivity index (χ3n) is 6.96. The molecule has 1 aromatic heterocycles. The number of hydrogen-bond donors (Lipinski definition) is 3. The molecule has 3 N–H and O–H groups in total. The summed E-state index contributed by atoms with van der Waals surface area (Å²) in [4.78, 5) is 6.87. The Kier molecular flexibility index (Phi) is 4.03. The Morgan fingerprint density at radius 3 is 2.07 bits per heavy atom. The Bertz CT molecular complexity index is 1120.